The molecule has 0 saturated carbocycles. The third-order valence-electron chi connectivity index (χ3n) is 3.81. The van der Waals surface area contributed by atoms with Gasteiger partial charge in [0.15, 0.2) is 0 Å². The predicted molar refractivity (Wildman–Crippen MR) is 96.3 cm³/mol. The maximum absolute atomic E-state index is 12.3. The van der Waals surface area contributed by atoms with Crippen molar-refractivity contribution in [2.45, 2.75) is 29.9 Å². The number of hydrogen-bond donors (Lipinski definition) is 1. The van der Waals surface area contributed by atoms with E-state index in [4.69, 9.17) is 16.3 Å². The zero-order chi connectivity index (χ0) is 16.5. The number of halogens is 1. The fraction of sp³-hybridized carbons (Fsp3) is 0.588. The lowest BCUT2D eigenvalue weighted by Gasteiger charge is -2.26. The van der Waals surface area contributed by atoms with E-state index in [-0.39, 0.29) is 11.2 Å². The van der Waals surface area contributed by atoms with Crippen LogP contribution in [0.15, 0.2) is 29.2 Å². The third kappa shape index (κ3) is 6.71. The number of ether oxygens (including phenoxy) is 1. The first kappa shape index (κ1) is 18.6. The summed E-state index contributed by atoms with van der Waals surface area (Å²) in [5.74, 6) is 0.120. The maximum Gasteiger partial charge on any atom is 0.233 e. The smallest absolute Gasteiger partial charge is 0.233 e. The normalized spacial score (nSPS) is 17.0. The van der Waals surface area contributed by atoms with Crippen LogP contribution in [0, 0.1) is 0 Å². The second kappa shape index (κ2) is 10.2. The quantitative estimate of drug-likeness (QED) is 0.574. The lowest BCUT2D eigenvalue weighted by Crippen LogP contribution is -2.39. The standard InChI is InChI=1S/C17H25ClN2O2S/c1-2-16(23-15-6-4-14(18)5-7-15)17(21)19-8-3-9-20-10-12-22-13-11-20/h4-7,16H,2-3,8-13H2,1H3,(H,19,21)/t16-/m0/s1. The second-order valence-corrected chi connectivity index (χ2v) is 7.28. The largest absolute Gasteiger partial charge is 0.379 e. The van der Waals surface area contributed by atoms with Gasteiger partial charge < -0.3 is 10.1 Å². The molecule has 4 nitrogen and oxygen atoms in total. The van der Waals surface area contributed by atoms with E-state index in [1.807, 2.05) is 31.2 Å². The van der Waals surface area contributed by atoms with Gasteiger partial charge in [-0.2, -0.15) is 0 Å². The fourth-order valence-corrected chi connectivity index (χ4v) is 3.56. The zero-order valence-electron chi connectivity index (χ0n) is 13.6. The zero-order valence-corrected chi connectivity index (χ0v) is 15.2. The number of nitrogens with one attached hydrogen (secondary N) is 1. The van der Waals surface area contributed by atoms with Crippen molar-refractivity contribution in [3.05, 3.63) is 29.3 Å². The minimum atomic E-state index is -0.0560. The Bertz CT molecular complexity index is 478. The summed E-state index contributed by atoms with van der Waals surface area (Å²) in [5.41, 5.74) is 0. The molecule has 1 N–H and O–H groups in total. The summed E-state index contributed by atoms with van der Waals surface area (Å²) >= 11 is 7.49. The molecule has 0 spiro atoms. The molecule has 1 aliphatic heterocycles. The van der Waals surface area contributed by atoms with Gasteiger partial charge in [0.25, 0.3) is 0 Å². The van der Waals surface area contributed by atoms with Crippen LogP contribution in [0.4, 0.5) is 0 Å². The van der Waals surface area contributed by atoms with E-state index in [1.54, 1.807) is 11.8 Å². The average Bonchev–Trinajstić information content (AvgIpc) is 2.59. The molecule has 0 aliphatic carbocycles. The van der Waals surface area contributed by atoms with Gasteiger partial charge in [0, 0.05) is 29.6 Å². The van der Waals surface area contributed by atoms with E-state index < -0.39 is 0 Å². The molecule has 0 aromatic heterocycles. The molecular weight excluding hydrogens is 332 g/mol. The topological polar surface area (TPSA) is 41.6 Å². The van der Waals surface area contributed by atoms with E-state index in [1.165, 1.54) is 0 Å². The number of rotatable bonds is 8. The summed E-state index contributed by atoms with van der Waals surface area (Å²) in [7, 11) is 0. The Morgan fingerprint density at radius 1 is 1.35 bits per heavy atom. The summed E-state index contributed by atoms with van der Waals surface area (Å²) < 4.78 is 5.33. The van der Waals surface area contributed by atoms with Crippen LogP contribution in [0.25, 0.3) is 0 Å². The SMILES string of the molecule is CC[C@H](Sc1ccc(Cl)cc1)C(=O)NCCCN1CCOCC1. The van der Waals surface area contributed by atoms with Crippen molar-refractivity contribution in [3.63, 3.8) is 0 Å². The monoisotopic (exact) mass is 356 g/mol. The number of carbonyl (C=O) groups is 1. The van der Waals surface area contributed by atoms with Crippen molar-refractivity contribution in [3.8, 4) is 0 Å². The van der Waals surface area contributed by atoms with E-state index in [0.29, 0.717) is 0 Å². The Balaban J connectivity index is 1.68. The molecule has 1 heterocycles. The molecule has 6 heteroatoms. The predicted octanol–water partition coefficient (Wildman–Crippen LogP) is 3.05. The van der Waals surface area contributed by atoms with Crippen LogP contribution in [0.1, 0.15) is 19.8 Å². The first-order valence-corrected chi connectivity index (χ1v) is 9.45. The Morgan fingerprint density at radius 2 is 2.04 bits per heavy atom. The second-order valence-electron chi connectivity index (χ2n) is 5.57. The third-order valence-corrected chi connectivity index (χ3v) is 5.44. The molecule has 128 valence electrons. The van der Waals surface area contributed by atoms with Gasteiger partial charge in [-0.1, -0.05) is 18.5 Å². The number of thioether (sulfide) groups is 1. The van der Waals surface area contributed by atoms with Crippen LogP contribution in [0.2, 0.25) is 5.02 Å². The average molecular weight is 357 g/mol. The van der Waals surface area contributed by atoms with Crippen LogP contribution in [0.5, 0.6) is 0 Å². The van der Waals surface area contributed by atoms with Crippen molar-refractivity contribution < 1.29 is 9.53 Å². The molecular formula is C17H25ClN2O2S. The Labute approximate surface area is 147 Å². The number of morpholine rings is 1. The molecule has 1 fully saturated rings. The summed E-state index contributed by atoms with van der Waals surface area (Å²) in [6.45, 7) is 7.43. The summed E-state index contributed by atoms with van der Waals surface area (Å²) in [5, 5.41) is 3.72. The fourth-order valence-electron chi connectivity index (χ4n) is 2.45. The van der Waals surface area contributed by atoms with Crippen molar-refractivity contribution in [2.75, 3.05) is 39.4 Å². The van der Waals surface area contributed by atoms with Gasteiger partial charge in [0.05, 0.1) is 18.5 Å². The maximum atomic E-state index is 12.3. The lowest BCUT2D eigenvalue weighted by molar-refractivity contribution is -0.120. The van der Waals surface area contributed by atoms with Crippen molar-refractivity contribution in [1.82, 2.24) is 10.2 Å². The Hall–Kier alpha value is -0.750. The first-order chi connectivity index (χ1) is 11.2. The molecule has 2 rings (SSSR count). The van der Waals surface area contributed by atoms with Gasteiger partial charge >= 0.3 is 0 Å². The molecule has 1 aromatic rings. The van der Waals surface area contributed by atoms with Gasteiger partial charge in [-0.05, 0) is 43.7 Å². The minimum absolute atomic E-state index is 0.0560. The lowest BCUT2D eigenvalue weighted by atomic mass is 10.3. The van der Waals surface area contributed by atoms with Crippen LogP contribution in [0.3, 0.4) is 0 Å². The van der Waals surface area contributed by atoms with Crippen LogP contribution in [-0.4, -0.2) is 55.4 Å². The molecule has 1 aliphatic rings. The first-order valence-electron chi connectivity index (χ1n) is 8.19. The summed E-state index contributed by atoms with van der Waals surface area (Å²) in [4.78, 5) is 15.8. The molecule has 0 bridgehead atoms. The molecule has 1 saturated heterocycles. The minimum Gasteiger partial charge on any atom is -0.379 e. The highest BCUT2D eigenvalue weighted by atomic mass is 35.5. The number of carbonyl (C=O) groups excluding carboxylic acids is 1. The highest BCUT2D eigenvalue weighted by Crippen LogP contribution is 2.26. The number of amides is 1. The number of nitrogens with zero attached hydrogens (tertiary/aromatic N) is 1. The highest BCUT2D eigenvalue weighted by Gasteiger charge is 2.17. The van der Waals surface area contributed by atoms with E-state index in [9.17, 15) is 4.79 Å². The van der Waals surface area contributed by atoms with E-state index in [0.717, 1.165) is 62.2 Å². The van der Waals surface area contributed by atoms with Gasteiger partial charge in [0.2, 0.25) is 5.91 Å². The summed E-state index contributed by atoms with van der Waals surface area (Å²) in [6, 6.07) is 7.64. The molecule has 23 heavy (non-hydrogen) atoms. The van der Waals surface area contributed by atoms with Crippen molar-refractivity contribution >= 4 is 29.3 Å². The van der Waals surface area contributed by atoms with Gasteiger partial charge in [-0.3, -0.25) is 9.69 Å². The van der Waals surface area contributed by atoms with Crippen molar-refractivity contribution in [2.24, 2.45) is 0 Å². The van der Waals surface area contributed by atoms with E-state index >= 15 is 0 Å². The van der Waals surface area contributed by atoms with Crippen LogP contribution in [-0.2, 0) is 9.53 Å². The van der Waals surface area contributed by atoms with Crippen molar-refractivity contribution in [1.29, 1.82) is 0 Å². The Morgan fingerprint density at radius 3 is 2.70 bits per heavy atom. The number of hydrogen-bond acceptors (Lipinski definition) is 4. The van der Waals surface area contributed by atoms with Crippen LogP contribution < -0.4 is 5.32 Å². The molecule has 0 radical (unpaired) electrons. The summed E-state index contributed by atoms with van der Waals surface area (Å²) in [6.07, 6.45) is 1.79. The molecule has 0 unspecified atom stereocenters. The molecule has 1 aromatic carbocycles. The molecule has 1 atom stereocenters. The number of benzene rings is 1. The Kier molecular flexibility index (Phi) is 8.23. The van der Waals surface area contributed by atoms with Crippen LogP contribution >= 0.6 is 23.4 Å². The molecule has 1 amide bonds. The van der Waals surface area contributed by atoms with E-state index in [2.05, 4.69) is 10.2 Å². The van der Waals surface area contributed by atoms with Gasteiger partial charge in [-0.25, -0.2) is 0 Å². The van der Waals surface area contributed by atoms with Gasteiger partial charge in [0.1, 0.15) is 0 Å². The van der Waals surface area contributed by atoms with Gasteiger partial charge in [-0.15, -0.1) is 11.8 Å². The highest BCUT2D eigenvalue weighted by molar-refractivity contribution is 8.00.